The Labute approximate surface area is 97.6 Å². The molecule has 0 aliphatic rings. The average Bonchev–Trinajstić information content (AvgIpc) is 2.34. The Balaban J connectivity index is 3.34. The van der Waals surface area contributed by atoms with Gasteiger partial charge >= 0.3 is 5.97 Å². The van der Waals surface area contributed by atoms with Gasteiger partial charge in [0.25, 0.3) is 0 Å². The lowest BCUT2D eigenvalue weighted by Gasteiger charge is -2.06. The number of aldehydes is 1. The number of nitriles is 1. The average molecular weight is 231 g/mol. The zero-order valence-corrected chi connectivity index (χ0v) is 9.01. The molecule has 0 saturated heterocycles. The number of benzene rings is 1. The third-order valence-electron chi connectivity index (χ3n) is 2.05. The highest BCUT2D eigenvalue weighted by atomic mass is 16.5. The molecular weight excluding hydrogens is 222 g/mol. The van der Waals surface area contributed by atoms with Crippen molar-refractivity contribution < 1.29 is 19.4 Å². The van der Waals surface area contributed by atoms with E-state index in [-0.39, 0.29) is 11.1 Å². The van der Waals surface area contributed by atoms with Crippen LogP contribution in [-0.2, 0) is 4.79 Å². The number of rotatable bonds is 4. The smallest absolute Gasteiger partial charge is 0.328 e. The molecule has 5 nitrogen and oxygen atoms in total. The summed E-state index contributed by atoms with van der Waals surface area (Å²) in [4.78, 5) is 21.1. The number of ether oxygens (including phenoxy) is 1. The number of carbonyl (C=O) groups is 2. The van der Waals surface area contributed by atoms with Gasteiger partial charge in [-0.2, -0.15) is 5.26 Å². The Morgan fingerprint density at radius 3 is 2.65 bits per heavy atom. The second kappa shape index (κ2) is 5.47. The van der Waals surface area contributed by atoms with Crippen molar-refractivity contribution in [2.45, 2.75) is 0 Å². The maximum absolute atomic E-state index is 10.7. The lowest BCUT2D eigenvalue weighted by molar-refractivity contribution is -0.131. The fraction of sp³-hybridized carbons (Fsp3) is 0.0833. The van der Waals surface area contributed by atoms with Crippen molar-refractivity contribution in [1.82, 2.24) is 0 Å². The van der Waals surface area contributed by atoms with Crippen molar-refractivity contribution in [1.29, 1.82) is 5.26 Å². The third kappa shape index (κ3) is 2.92. The molecule has 0 spiro atoms. The Hall–Kier alpha value is -2.61. The highest BCUT2D eigenvalue weighted by Crippen LogP contribution is 2.24. The van der Waals surface area contributed by atoms with Crippen LogP contribution in [0, 0.1) is 11.3 Å². The van der Waals surface area contributed by atoms with Gasteiger partial charge in [0.15, 0.2) is 6.29 Å². The first-order valence-corrected chi connectivity index (χ1v) is 4.60. The number of carboxylic acids is 1. The van der Waals surface area contributed by atoms with Crippen molar-refractivity contribution in [3.63, 3.8) is 0 Å². The van der Waals surface area contributed by atoms with E-state index in [9.17, 15) is 9.59 Å². The van der Waals surface area contributed by atoms with Crippen LogP contribution in [0.15, 0.2) is 18.2 Å². The minimum atomic E-state index is -1.11. The molecule has 1 aromatic rings. The summed E-state index contributed by atoms with van der Waals surface area (Å²) in [6, 6.07) is 4.66. The molecule has 0 aliphatic carbocycles. The predicted octanol–water partition coefficient (Wildman–Crippen LogP) is 1.48. The molecule has 0 bridgehead atoms. The van der Waals surface area contributed by atoms with Crippen LogP contribution in [0.2, 0.25) is 0 Å². The van der Waals surface area contributed by atoms with Crippen LogP contribution in [0.3, 0.4) is 0 Å². The number of carbonyl (C=O) groups excluding carboxylic acids is 1. The monoisotopic (exact) mass is 231 g/mol. The Morgan fingerprint density at radius 1 is 1.47 bits per heavy atom. The molecule has 0 amide bonds. The van der Waals surface area contributed by atoms with Gasteiger partial charge in [-0.1, -0.05) is 0 Å². The van der Waals surface area contributed by atoms with Gasteiger partial charge in [-0.25, -0.2) is 4.79 Å². The fourth-order valence-electron chi connectivity index (χ4n) is 1.28. The van der Waals surface area contributed by atoms with Gasteiger partial charge < -0.3 is 9.84 Å². The van der Waals surface area contributed by atoms with Crippen molar-refractivity contribution in [2.24, 2.45) is 0 Å². The van der Waals surface area contributed by atoms with Crippen molar-refractivity contribution >= 4 is 18.3 Å². The van der Waals surface area contributed by atoms with Gasteiger partial charge in [0, 0.05) is 17.2 Å². The van der Waals surface area contributed by atoms with E-state index in [1.165, 1.54) is 25.3 Å². The Morgan fingerprint density at radius 2 is 2.18 bits per heavy atom. The Kier molecular flexibility index (Phi) is 4.01. The first kappa shape index (κ1) is 12.5. The molecule has 1 N–H and O–H groups in total. The van der Waals surface area contributed by atoms with E-state index in [0.29, 0.717) is 17.6 Å². The largest absolute Gasteiger partial charge is 0.496 e. The molecule has 86 valence electrons. The molecule has 1 rings (SSSR count). The summed E-state index contributed by atoms with van der Waals surface area (Å²) >= 11 is 0. The van der Waals surface area contributed by atoms with E-state index in [0.717, 1.165) is 6.08 Å². The number of hydrogen-bond donors (Lipinski definition) is 1. The summed E-state index contributed by atoms with van der Waals surface area (Å²) < 4.78 is 5.01. The van der Waals surface area contributed by atoms with Gasteiger partial charge in [0.1, 0.15) is 11.8 Å². The third-order valence-corrected chi connectivity index (χ3v) is 2.05. The first-order valence-electron chi connectivity index (χ1n) is 4.60. The topological polar surface area (TPSA) is 87.4 Å². The van der Waals surface area contributed by atoms with E-state index in [1.54, 1.807) is 0 Å². The molecule has 0 aromatic heterocycles. The standard InChI is InChI=1S/C12H9NO4/c1-17-11-5-9(6-13)10(7-14)4-8(11)2-3-12(15)16/h2-5,7H,1H3,(H,15,16)/b3-2+. The number of nitrogens with zero attached hydrogens (tertiary/aromatic N) is 1. The second-order valence-corrected chi connectivity index (χ2v) is 3.08. The molecular formula is C12H9NO4. The Bertz CT molecular complexity index is 526. The number of methoxy groups -OCH3 is 1. The van der Waals surface area contributed by atoms with Crippen LogP contribution in [0.4, 0.5) is 0 Å². The minimum absolute atomic E-state index is 0.185. The number of aliphatic carboxylic acids is 1. The van der Waals surface area contributed by atoms with E-state index >= 15 is 0 Å². The van der Waals surface area contributed by atoms with E-state index in [2.05, 4.69) is 0 Å². The van der Waals surface area contributed by atoms with E-state index < -0.39 is 5.97 Å². The van der Waals surface area contributed by atoms with Crippen LogP contribution < -0.4 is 4.74 Å². The van der Waals surface area contributed by atoms with Gasteiger partial charge in [-0.3, -0.25) is 4.79 Å². The zero-order chi connectivity index (χ0) is 12.8. The van der Waals surface area contributed by atoms with Crippen LogP contribution in [-0.4, -0.2) is 24.5 Å². The molecule has 17 heavy (non-hydrogen) atoms. The molecule has 0 saturated carbocycles. The van der Waals surface area contributed by atoms with Gasteiger partial charge in [0.05, 0.1) is 12.7 Å². The normalized spacial score (nSPS) is 9.88. The van der Waals surface area contributed by atoms with Gasteiger partial charge in [0.2, 0.25) is 0 Å². The summed E-state index contributed by atoms with van der Waals surface area (Å²) in [7, 11) is 1.40. The molecule has 5 heteroatoms. The quantitative estimate of drug-likeness (QED) is 0.626. The van der Waals surface area contributed by atoms with Crippen molar-refractivity contribution in [2.75, 3.05) is 7.11 Å². The van der Waals surface area contributed by atoms with E-state index in [4.69, 9.17) is 15.1 Å². The summed E-state index contributed by atoms with van der Waals surface area (Å²) in [5.74, 6) is -0.770. The molecule has 0 radical (unpaired) electrons. The first-order chi connectivity index (χ1) is 8.12. The van der Waals surface area contributed by atoms with Crippen LogP contribution in [0.1, 0.15) is 21.5 Å². The molecule has 0 aliphatic heterocycles. The second-order valence-electron chi connectivity index (χ2n) is 3.08. The summed E-state index contributed by atoms with van der Waals surface area (Å²) in [5.41, 5.74) is 0.804. The number of carboxylic acid groups (broad SMARTS) is 1. The van der Waals surface area contributed by atoms with Crippen LogP contribution in [0.5, 0.6) is 5.75 Å². The lowest BCUT2D eigenvalue weighted by atomic mass is 10.0. The maximum Gasteiger partial charge on any atom is 0.328 e. The number of hydrogen-bond acceptors (Lipinski definition) is 4. The SMILES string of the molecule is COc1cc(C#N)c(C=O)cc1/C=C/C(=O)O. The van der Waals surface area contributed by atoms with Gasteiger partial charge in [-0.15, -0.1) is 0 Å². The lowest BCUT2D eigenvalue weighted by Crippen LogP contribution is -1.95. The van der Waals surface area contributed by atoms with Crippen LogP contribution in [0.25, 0.3) is 6.08 Å². The molecule has 0 unspecified atom stereocenters. The molecule has 1 aromatic carbocycles. The molecule has 0 heterocycles. The fourth-order valence-corrected chi connectivity index (χ4v) is 1.28. The summed E-state index contributed by atoms with van der Waals surface area (Å²) in [6.07, 6.45) is 2.77. The van der Waals surface area contributed by atoms with Crippen molar-refractivity contribution in [3.05, 3.63) is 34.9 Å². The van der Waals surface area contributed by atoms with Crippen LogP contribution >= 0.6 is 0 Å². The van der Waals surface area contributed by atoms with Gasteiger partial charge in [-0.05, 0) is 18.2 Å². The van der Waals surface area contributed by atoms with E-state index in [1.807, 2.05) is 6.07 Å². The summed E-state index contributed by atoms with van der Waals surface area (Å²) in [6.45, 7) is 0. The van der Waals surface area contributed by atoms with Crippen molar-refractivity contribution in [3.8, 4) is 11.8 Å². The highest BCUT2D eigenvalue weighted by Gasteiger charge is 2.08. The highest BCUT2D eigenvalue weighted by molar-refractivity contribution is 5.87. The molecule has 0 atom stereocenters. The maximum atomic E-state index is 10.7. The minimum Gasteiger partial charge on any atom is -0.496 e. The predicted molar refractivity (Wildman–Crippen MR) is 59.8 cm³/mol. The molecule has 0 fully saturated rings. The zero-order valence-electron chi connectivity index (χ0n) is 9.01. The summed E-state index contributed by atoms with van der Waals surface area (Å²) in [5, 5.41) is 17.3.